The molecule has 122 valence electrons. The lowest BCUT2D eigenvalue weighted by atomic mass is 10.1. The van der Waals surface area contributed by atoms with Crippen LogP contribution in [-0.4, -0.2) is 16.2 Å². The molecular formula is C17H15IN4OS. The van der Waals surface area contributed by atoms with Crippen LogP contribution >= 0.6 is 33.9 Å². The number of benzene rings is 2. The molecule has 0 unspecified atom stereocenters. The number of anilines is 2. The van der Waals surface area contributed by atoms with Crippen molar-refractivity contribution < 1.29 is 4.79 Å². The molecule has 0 aliphatic heterocycles. The third-order valence-corrected chi connectivity index (χ3v) is 5.33. The van der Waals surface area contributed by atoms with E-state index in [4.69, 9.17) is 0 Å². The van der Waals surface area contributed by atoms with Gasteiger partial charge in [0.25, 0.3) is 0 Å². The summed E-state index contributed by atoms with van der Waals surface area (Å²) in [7, 11) is 0. The normalized spacial score (nSPS) is 10.5. The minimum absolute atomic E-state index is 0.330. The van der Waals surface area contributed by atoms with Crippen LogP contribution in [0.5, 0.6) is 0 Å². The first kappa shape index (κ1) is 16.8. The van der Waals surface area contributed by atoms with Gasteiger partial charge in [-0.25, -0.2) is 4.79 Å². The number of hydrogen-bond acceptors (Lipinski definition) is 4. The Morgan fingerprint density at radius 2 is 1.83 bits per heavy atom. The summed E-state index contributed by atoms with van der Waals surface area (Å²) in [6.07, 6.45) is 0. The van der Waals surface area contributed by atoms with E-state index in [1.165, 1.54) is 16.9 Å². The van der Waals surface area contributed by atoms with Crippen LogP contribution in [-0.2, 0) is 0 Å². The molecule has 1 heterocycles. The van der Waals surface area contributed by atoms with Crippen molar-refractivity contribution in [3.05, 3.63) is 57.2 Å². The smallest absolute Gasteiger partial charge is 0.308 e. The zero-order valence-electron chi connectivity index (χ0n) is 13.1. The van der Waals surface area contributed by atoms with Crippen LogP contribution in [0.25, 0.3) is 10.6 Å². The molecule has 2 N–H and O–H groups in total. The minimum atomic E-state index is -0.330. The van der Waals surface area contributed by atoms with Gasteiger partial charge in [0, 0.05) is 14.8 Å². The number of hydrogen-bond donors (Lipinski definition) is 2. The molecule has 3 aromatic rings. The fourth-order valence-electron chi connectivity index (χ4n) is 2.10. The molecule has 2 aromatic carbocycles. The number of halogens is 1. The molecule has 0 spiro atoms. The van der Waals surface area contributed by atoms with Crippen molar-refractivity contribution in [2.75, 3.05) is 10.6 Å². The van der Waals surface area contributed by atoms with Gasteiger partial charge in [-0.05, 0) is 65.8 Å². The van der Waals surface area contributed by atoms with E-state index in [0.29, 0.717) is 5.13 Å². The molecule has 0 aliphatic rings. The van der Waals surface area contributed by atoms with Crippen molar-refractivity contribution in [2.45, 2.75) is 13.8 Å². The van der Waals surface area contributed by atoms with E-state index in [1.54, 1.807) is 0 Å². The maximum Gasteiger partial charge on any atom is 0.325 e. The predicted molar refractivity (Wildman–Crippen MR) is 107 cm³/mol. The molecule has 0 fully saturated rings. The van der Waals surface area contributed by atoms with Gasteiger partial charge in [-0.15, -0.1) is 10.2 Å². The van der Waals surface area contributed by atoms with Crippen LogP contribution in [0.2, 0.25) is 0 Å². The fourth-order valence-corrected chi connectivity index (χ4v) is 3.70. The second kappa shape index (κ2) is 7.27. The average molecular weight is 450 g/mol. The summed E-state index contributed by atoms with van der Waals surface area (Å²) >= 11 is 3.60. The fraction of sp³-hybridized carbons (Fsp3) is 0.118. The zero-order valence-corrected chi connectivity index (χ0v) is 16.1. The summed E-state index contributed by atoms with van der Waals surface area (Å²) < 4.78 is 1.09. The third-order valence-electron chi connectivity index (χ3n) is 3.51. The Labute approximate surface area is 157 Å². The van der Waals surface area contributed by atoms with Gasteiger partial charge >= 0.3 is 6.03 Å². The van der Waals surface area contributed by atoms with Crippen LogP contribution < -0.4 is 10.6 Å². The van der Waals surface area contributed by atoms with Crippen LogP contribution in [0.15, 0.2) is 42.5 Å². The highest BCUT2D eigenvalue weighted by Crippen LogP contribution is 2.29. The number of nitrogens with zero attached hydrogens (tertiary/aromatic N) is 2. The highest BCUT2D eigenvalue weighted by atomic mass is 127. The Hall–Kier alpha value is -2.00. The molecule has 0 aliphatic carbocycles. The summed E-state index contributed by atoms with van der Waals surface area (Å²) in [6.45, 7) is 4.05. The lowest BCUT2D eigenvalue weighted by Crippen LogP contribution is -2.19. The van der Waals surface area contributed by atoms with E-state index in [2.05, 4.69) is 43.4 Å². The van der Waals surface area contributed by atoms with Crippen molar-refractivity contribution in [3.63, 3.8) is 0 Å². The van der Waals surface area contributed by atoms with Gasteiger partial charge in [0.05, 0.1) is 0 Å². The van der Waals surface area contributed by atoms with Gasteiger partial charge in [-0.2, -0.15) is 0 Å². The van der Waals surface area contributed by atoms with Crippen LogP contribution in [0.4, 0.5) is 15.6 Å². The summed E-state index contributed by atoms with van der Waals surface area (Å²) in [6, 6.07) is 13.4. The summed E-state index contributed by atoms with van der Waals surface area (Å²) in [5.41, 5.74) is 4.08. The van der Waals surface area contributed by atoms with E-state index in [-0.39, 0.29) is 6.03 Å². The number of carbonyl (C=O) groups is 1. The van der Waals surface area contributed by atoms with E-state index >= 15 is 0 Å². The molecule has 3 rings (SSSR count). The Kier molecular flexibility index (Phi) is 5.10. The Bertz CT molecular complexity index is 894. The van der Waals surface area contributed by atoms with Gasteiger partial charge in [-0.3, -0.25) is 5.32 Å². The predicted octanol–water partition coefficient (Wildman–Crippen LogP) is 5.07. The van der Waals surface area contributed by atoms with Crippen molar-refractivity contribution in [3.8, 4) is 10.6 Å². The average Bonchev–Trinajstić information content (AvgIpc) is 2.99. The molecule has 0 radical (unpaired) electrons. The molecule has 5 nitrogen and oxygen atoms in total. The molecule has 0 atom stereocenters. The number of nitrogens with one attached hydrogen (secondary N) is 2. The largest absolute Gasteiger partial charge is 0.325 e. The second-order valence-electron chi connectivity index (χ2n) is 5.27. The number of carbonyl (C=O) groups excluding carboxylic acids is 1. The van der Waals surface area contributed by atoms with Crippen molar-refractivity contribution in [2.24, 2.45) is 0 Å². The number of rotatable bonds is 3. The van der Waals surface area contributed by atoms with E-state index in [9.17, 15) is 4.79 Å². The number of amides is 2. The highest BCUT2D eigenvalue weighted by Gasteiger charge is 2.11. The number of aryl methyl sites for hydroxylation is 2. The molecule has 0 saturated heterocycles. The van der Waals surface area contributed by atoms with Crippen molar-refractivity contribution in [1.29, 1.82) is 0 Å². The number of urea groups is 1. The van der Waals surface area contributed by atoms with Gasteiger partial charge < -0.3 is 5.32 Å². The summed E-state index contributed by atoms with van der Waals surface area (Å²) in [5, 5.41) is 15.0. The minimum Gasteiger partial charge on any atom is -0.308 e. The molecule has 2 amide bonds. The molecule has 1 aromatic heterocycles. The second-order valence-corrected chi connectivity index (χ2v) is 7.41. The van der Waals surface area contributed by atoms with E-state index in [0.717, 1.165) is 25.4 Å². The highest BCUT2D eigenvalue weighted by molar-refractivity contribution is 14.1. The molecule has 0 bridgehead atoms. The standard InChI is InChI=1S/C17H15IN4OS/c1-10-7-8-12(9-11(10)2)19-16(23)20-17-22-21-15(24-17)13-5-3-4-6-14(13)18/h3-9H,1-2H3,(H2,19,20,22,23). The SMILES string of the molecule is Cc1ccc(NC(=O)Nc2nnc(-c3ccccc3I)s2)cc1C. The van der Waals surface area contributed by atoms with E-state index in [1.807, 2.05) is 56.3 Å². The molecule has 24 heavy (non-hydrogen) atoms. The number of aromatic nitrogens is 2. The molecular weight excluding hydrogens is 435 g/mol. The first-order valence-electron chi connectivity index (χ1n) is 7.26. The maximum absolute atomic E-state index is 12.1. The van der Waals surface area contributed by atoms with E-state index < -0.39 is 0 Å². The molecule has 0 saturated carbocycles. The summed E-state index contributed by atoms with van der Waals surface area (Å²) in [4.78, 5) is 12.1. The van der Waals surface area contributed by atoms with Crippen LogP contribution in [0.1, 0.15) is 11.1 Å². The van der Waals surface area contributed by atoms with Crippen LogP contribution in [0.3, 0.4) is 0 Å². The maximum atomic E-state index is 12.1. The van der Waals surface area contributed by atoms with Gasteiger partial charge in [0.15, 0.2) is 5.01 Å². The van der Waals surface area contributed by atoms with Gasteiger partial charge in [-0.1, -0.05) is 35.6 Å². The zero-order chi connectivity index (χ0) is 17.1. The first-order valence-corrected chi connectivity index (χ1v) is 9.16. The Morgan fingerprint density at radius 1 is 1.04 bits per heavy atom. The third kappa shape index (κ3) is 3.90. The lowest BCUT2D eigenvalue weighted by Gasteiger charge is -2.07. The van der Waals surface area contributed by atoms with Gasteiger partial charge in [0.1, 0.15) is 0 Å². The summed E-state index contributed by atoms with van der Waals surface area (Å²) in [5.74, 6) is 0. The lowest BCUT2D eigenvalue weighted by molar-refractivity contribution is 0.262. The Balaban J connectivity index is 1.69. The molecule has 7 heteroatoms. The van der Waals surface area contributed by atoms with Crippen molar-refractivity contribution in [1.82, 2.24) is 10.2 Å². The Morgan fingerprint density at radius 3 is 2.58 bits per heavy atom. The van der Waals surface area contributed by atoms with Crippen LogP contribution in [0, 0.1) is 17.4 Å². The monoisotopic (exact) mass is 450 g/mol. The first-order chi connectivity index (χ1) is 11.5. The quantitative estimate of drug-likeness (QED) is 0.548. The van der Waals surface area contributed by atoms with Gasteiger partial charge in [0.2, 0.25) is 5.13 Å². The topological polar surface area (TPSA) is 66.9 Å². The van der Waals surface area contributed by atoms with Crippen molar-refractivity contribution >= 4 is 50.8 Å².